The lowest BCUT2D eigenvalue weighted by Crippen LogP contribution is -2.65. The first kappa shape index (κ1) is 103. The number of amides is 17. The van der Waals surface area contributed by atoms with Gasteiger partial charge in [0.25, 0.3) is 0 Å². The van der Waals surface area contributed by atoms with Gasteiger partial charge in [0.05, 0.1) is 38.2 Å². The van der Waals surface area contributed by atoms with Crippen LogP contribution < -0.4 is 75.7 Å². The van der Waals surface area contributed by atoms with Crippen molar-refractivity contribution >= 4 is 140 Å². The van der Waals surface area contributed by atoms with Gasteiger partial charge in [-0.1, -0.05) is 120 Å². The highest BCUT2D eigenvalue weighted by atomic mass is 32.2. The SMILES string of the molecule is CCCC[C@H]1C(=O)N(C)[C@@H](CCCC)C(=O)N[C@@H](CCCNC(=N)N)C(=O)N[C@H](C(=O)NCC(N)=O)CSCC(=O)N[C@@H](Cc2ccccc2)C(=O)N(C)[C@@H](C)C(=O)N[C@@H](CC(N)=O)C(=O)N2CCC2C(=O)N[C@@H](Cc2cnc[nH]2)C(=O)N[C@@H](CC(C)C)C(=O)N(C)CC(=O)N[C@@H](Cc2c[nH]c3ccccc23)C(=O)N[C@@H](CO)C(=O)N[C@@H](Cc2c[nH]c3ccccc23)C(=O)N1C. The van der Waals surface area contributed by atoms with Crippen LogP contribution in [0.2, 0.25) is 0 Å². The number of nitrogens with zero attached hydrogens (tertiary/aromatic N) is 6. The summed E-state index contributed by atoms with van der Waals surface area (Å²) < 4.78 is 0. The minimum atomic E-state index is -1.85. The van der Waals surface area contributed by atoms with Crippen LogP contribution in [0.4, 0.5) is 0 Å². The van der Waals surface area contributed by atoms with Crippen LogP contribution in [0.1, 0.15) is 128 Å². The number of carbonyl (C=O) groups excluding carboxylic acids is 17. The van der Waals surface area contributed by atoms with E-state index in [9.17, 15) is 62.6 Å². The Balaban J connectivity index is 1.17. The molecule has 131 heavy (non-hydrogen) atoms. The van der Waals surface area contributed by atoms with Gasteiger partial charge in [0.1, 0.15) is 78.5 Å². The number of fused-ring (bicyclic) bond motifs is 3. The molecule has 22 N–H and O–H groups in total. The predicted molar refractivity (Wildman–Crippen MR) is 485 cm³/mol. The highest BCUT2D eigenvalue weighted by Crippen LogP contribution is 2.26. The van der Waals surface area contributed by atoms with Gasteiger partial charge in [0.2, 0.25) is 100 Å². The van der Waals surface area contributed by atoms with Crippen molar-refractivity contribution in [2.75, 3.05) is 72.5 Å². The molecule has 42 nitrogen and oxygen atoms in total. The molecule has 2 saturated heterocycles. The molecule has 0 spiro atoms. The highest BCUT2D eigenvalue weighted by Gasteiger charge is 2.45. The molecular formula is C88H124N24O18S. The average molecular weight is 1840 g/mol. The largest absolute Gasteiger partial charge is 0.394 e. The number of aliphatic hydroxyl groups excluding tert-OH is 1. The fraction of sp³-hybridized carbons (Fsp3) is 0.511. The van der Waals surface area contributed by atoms with Gasteiger partial charge in [-0.2, -0.15) is 0 Å². The number of aromatic nitrogens is 4. The Labute approximate surface area is 762 Å². The number of nitrogens with one attached hydrogen (secondary N) is 15. The molecule has 2 aliphatic rings. The molecule has 2 aliphatic heterocycles. The summed E-state index contributed by atoms with van der Waals surface area (Å²) in [5.74, 6) is -17.2. The maximum atomic E-state index is 15.7. The van der Waals surface area contributed by atoms with E-state index in [0.29, 0.717) is 69.9 Å². The lowest BCUT2D eigenvalue weighted by Gasteiger charge is -2.42. The van der Waals surface area contributed by atoms with Gasteiger partial charge in [-0.15, -0.1) is 11.8 Å². The van der Waals surface area contributed by atoms with Crippen molar-refractivity contribution in [3.63, 3.8) is 0 Å². The minimum absolute atomic E-state index is 0.00145. The van der Waals surface area contributed by atoms with Crippen LogP contribution in [0.15, 0.2) is 104 Å². The van der Waals surface area contributed by atoms with E-state index in [4.69, 9.17) is 22.6 Å². The molecule has 0 saturated carbocycles. The number of carbonyl (C=O) groups is 17. The molecule has 43 heteroatoms. The Morgan fingerprint density at radius 1 is 0.534 bits per heavy atom. The number of hydrogen-bond acceptors (Lipinski definition) is 21. The van der Waals surface area contributed by atoms with Gasteiger partial charge >= 0.3 is 0 Å². The number of imidazole rings is 1. The number of nitrogens with two attached hydrogens (primary N) is 3. The summed E-state index contributed by atoms with van der Waals surface area (Å²) >= 11 is 0.794. The predicted octanol–water partition coefficient (Wildman–Crippen LogP) is -2.53. The van der Waals surface area contributed by atoms with Crippen LogP contribution in [0.25, 0.3) is 21.8 Å². The van der Waals surface area contributed by atoms with Crippen molar-refractivity contribution in [2.45, 2.75) is 209 Å². The molecule has 17 amide bonds. The third-order valence-corrected chi connectivity index (χ3v) is 23.9. The molecular weight excluding hydrogens is 1710 g/mol. The fourth-order valence-electron chi connectivity index (χ4n) is 15.4. The van der Waals surface area contributed by atoms with Gasteiger partial charge < -0.3 is 120 Å². The lowest BCUT2D eigenvalue weighted by molar-refractivity contribution is -0.151. The Kier molecular flexibility index (Phi) is 39.2. The molecule has 3 aromatic heterocycles. The van der Waals surface area contributed by atoms with E-state index >= 15 is 24.0 Å². The number of aromatic amines is 3. The zero-order valence-electron chi connectivity index (χ0n) is 75.2. The van der Waals surface area contributed by atoms with Crippen molar-refractivity contribution in [3.8, 4) is 0 Å². The van der Waals surface area contributed by atoms with Crippen LogP contribution in [-0.2, 0) is 107 Å². The van der Waals surface area contributed by atoms with E-state index in [1.165, 1.54) is 47.6 Å². The van der Waals surface area contributed by atoms with Gasteiger partial charge in [0, 0.05) is 119 Å². The van der Waals surface area contributed by atoms with Crippen molar-refractivity contribution in [1.82, 2.24) is 103 Å². The average Bonchev–Trinajstić information content (AvgIpc) is 1.36. The summed E-state index contributed by atoms with van der Waals surface area (Å²) in [6.45, 7) is 5.91. The highest BCUT2D eigenvalue weighted by molar-refractivity contribution is 8.00. The smallest absolute Gasteiger partial charge is 0.246 e. The number of benzene rings is 3. The summed E-state index contributed by atoms with van der Waals surface area (Å²) in [4.78, 5) is 266. The zero-order valence-corrected chi connectivity index (χ0v) is 76.0. The monoisotopic (exact) mass is 1840 g/mol. The Morgan fingerprint density at radius 2 is 1.07 bits per heavy atom. The van der Waals surface area contributed by atoms with Crippen molar-refractivity contribution < 1.29 is 86.6 Å². The van der Waals surface area contributed by atoms with Gasteiger partial charge in [-0.3, -0.25) is 86.9 Å². The van der Waals surface area contributed by atoms with Crippen molar-refractivity contribution in [2.24, 2.45) is 23.1 Å². The molecule has 8 rings (SSSR count). The number of unbranched alkanes of at least 4 members (excludes halogenated alkanes) is 2. The topological polar surface area (TPSA) is 621 Å². The van der Waals surface area contributed by atoms with Crippen LogP contribution in [0, 0.1) is 11.3 Å². The van der Waals surface area contributed by atoms with E-state index in [0.717, 1.165) is 36.3 Å². The first-order valence-electron chi connectivity index (χ1n) is 43.7. The van der Waals surface area contributed by atoms with Crippen molar-refractivity contribution in [1.29, 1.82) is 5.41 Å². The quantitative estimate of drug-likeness (QED) is 0.0151. The zero-order chi connectivity index (χ0) is 95.9. The normalized spacial score (nSPS) is 23.5. The first-order valence-corrected chi connectivity index (χ1v) is 44.9. The molecule has 0 radical (unpaired) electrons. The Bertz CT molecular complexity index is 5030. The minimum Gasteiger partial charge on any atom is -0.394 e. The fourth-order valence-corrected chi connectivity index (χ4v) is 16.3. The number of primary amides is 2. The number of aliphatic hydroxyl groups is 1. The van der Waals surface area contributed by atoms with Gasteiger partial charge in [0.15, 0.2) is 5.96 Å². The molecule has 3 aromatic carbocycles. The van der Waals surface area contributed by atoms with Crippen molar-refractivity contribution in [3.05, 3.63) is 126 Å². The summed E-state index contributed by atoms with van der Waals surface area (Å²) in [7, 11) is 5.24. The molecule has 13 atom stereocenters. The summed E-state index contributed by atoms with van der Waals surface area (Å²) in [5, 5.41) is 49.3. The number of rotatable bonds is 26. The third-order valence-electron chi connectivity index (χ3n) is 22.9. The van der Waals surface area contributed by atoms with Gasteiger partial charge in [-0.05, 0) is 80.2 Å². The number of guanidine groups is 1. The van der Waals surface area contributed by atoms with Gasteiger partial charge in [-0.25, -0.2) is 4.98 Å². The number of para-hydroxylation sites is 2. The first-order chi connectivity index (χ1) is 62.4. The lowest BCUT2D eigenvalue weighted by atomic mass is 9.98. The third kappa shape index (κ3) is 29.8. The Hall–Kier alpha value is -13.5. The molecule has 2 fully saturated rings. The van der Waals surface area contributed by atoms with Crippen LogP contribution in [0.3, 0.4) is 0 Å². The van der Waals surface area contributed by atoms with E-state index in [1.807, 2.05) is 13.8 Å². The van der Waals surface area contributed by atoms with Crippen LogP contribution in [-0.4, -0.2) is 307 Å². The van der Waals surface area contributed by atoms with E-state index in [-0.39, 0.29) is 83.2 Å². The molecule has 710 valence electrons. The molecule has 0 bridgehead atoms. The van der Waals surface area contributed by atoms with Crippen LogP contribution in [0.5, 0.6) is 0 Å². The van der Waals surface area contributed by atoms with E-state index < -0.39 is 223 Å². The standard InChI is InChI=1S/C88H124N24O18S/c1-10-12-29-68-81(124)101-59(28-21-32-94-88(91)92)77(120)107-67(76(119)97-43-72(90)115)46-131-47-74(117)100-63(35-51-22-15-14-16-23-51)84(127)109(7)50(5)75(118)103-65(39-71(89)114)86(129)112-33-31-69(112)82(125)102-61(38-54-42-93-48-98-54)79(122)104-62(34-49(3)4)83(126)108(6)44-73(116)99-60(36-52-40-95-57-26-19-17-24-55(52)57)78(121)106-66(45-113)80(123)105-64(37-53-41-96-58-27-20-18-25-56(53)58)85(128)111(9)70(30-13-11-2)87(130)110(68)8/h14-20,22-27,40-42,48-50,59-70,95-96,113H,10-13,21,28-39,43-47H2,1-9H3,(H2,89,114)(H2,90,115)(H,93,98)(H,97,119)(H,99,116)(H,100,117)(H,101,124)(H,102,125)(H,103,118)(H,104,122)(H,105,123)(H,106,121)(H,107,120)(H4,91,92,94)/t50-,59-,60-,61-,62-,63-,64-,65-,66-,67-,68-,69?,70-/m0/s1. The molecule has 5 heterocycles. The summed E-state index contributed by atoms with van der Waals surface area (Å²) in [6.07, 6.45) is 5.78. The number of thioether (sulfide) groups is 1. The van der Waals surface area contributed by atoms with E-state index in [1.54, 1.807) is 105 Å². The molecule has 1 unspecified atom stereocenters. The van der Waals surface area contributed by atoms with E-state index in [2.05, 4.69) is 78.4 Å². The maximum absolute atomic E-state index is 15.7. The second-order valence-electron chi connectivity index (χ2n) is 33.3. The number of H-pyrrole nitrogens is 3. The maximum Gasteiger partial charge on any atom is 0.246 e. The number of likely N-dealkylation sites (N-methyl/N-ethyl adjacent to an activating group) is 4. The van der Waals surface area contributed by atoms with Crippen LogP contribution >= 0.6 is 11.8 Å². The summed E-state index contributed by atoms with van der Waals surface area (Å²) in [6, 6.07) is 2.92. The second kappa shape index (κ2) is 49.9. The second-order valence-corrected chi connectivity index (χ2v) is 34.3. The number of hydrogen-bond donors (Lipinski definition) is 19. The summed E-state index contributed by atoms with van der Waals surface area (Å²) in [5.41, 5.74) is 20.0. The molecule has 0 aliphatic carbocycles. The Morgan fingerprint density at radius 3 is 1.65 bits per heavy atom. The molecule has 6 aromatic rings.